The van der Waals surface area contributed by atoms with Crippen LogP contribution in [0.4, 0.5) is 0 Å². The van der Waals surface area contributed by atoms with Gasteiger partial charge in [-0.2, -0.15) is 0 Å². The molecule has 3 rings (SSSR count). The lowest BCUT2D eigenvalue weighted by atomic mass is 10.1. The summed E-state index contributed by atoms with van der Waals surface area (Å²) in [5.74, 6) is 0. The van der Waals surface area contributed by atoms with E-state index in [0.29, 0.717) is 0 Å². The summed E-state index contributed by atoms with van der Waals surface area (Å²) in [7, 11) is 0. The molecule has 0 fully saturated rings. The molecule has 0 aliphatic carbocycles. The normalized spacial score (nSPS) is 10.4. The Bertz CT molecular complexity index is 656. The Balaban J connectivity index is 1.93. The van der Waals surface area contributed by atoms with Gasteiger partial charge in [-0.3, -0.25) is 9.97 Å². The predicted molar refractivity (Wildman–Crippen MR) is 77.6 cm³/mol. The molecule has 0 aliphatic heterocycles. The lowest BCUT2D eigenvalue weighted by Gasteiger charge is -2.03. The second-order valence-corrected chi connectivity index (χ2v) is 4.52. The standard InChI is InChI=1S/C17H14N2/c1-13-7-9-17(18-11-13)15-8-10-16(19-12-15)14-5-3-2-4-6-14/h2-12H,1H3. The fraction of sp³-hybridized carbons (Fsp3) is 0.0588. The summed E-state index contributed by atoms with van der Waals surface area (Å²) in [6.45, 7) is 2.04. The Morgan fingerprint density at radius 1 is 0.632 bits per heavy atom. The van der Waals surface area contributed by atoms with Gasteiger partial charge in [-0.05, 0) is 30.7 Å². The number of aryl methyl sites for hydroxylation is 1. The minimum atomic E-state index is 0.956. The maximum atomic E-state index is 4.51. The zero-order valence-corrected chi connectivity index (χ0v) is 10.7. The number of pyridine rings is 2. The molecular formula is C17H14N2. The van der Waals surface area contributed by atoms with E-state index in [1.807, 2.05) is 49.6 Å². The summed E-state index contributed by atoms with van der Waals surface area (Å²) in [5.41, 5.74) is 5.28. The van der Waals surface area contributed by atoms with Crippen LogP contribution in [0.15, 0.2) is 67.0 Å². The van der Waals surface area contributed by atoms with Gasteiger partial charge in [0.05, 0.1) is 11.4 Å². The van der Waals surface area contributed by atoms with Crippen LogP contribution in [0.3, 0.4) is 0 Å². The Morgan fingerprint density at radius 2 is 1.32 bits per heavy atom. The van der Waals surface area contributed by atoms with Crippen molar-refractivity contribution in [3.8, 4) is 22.5 Å². The summed E-state index contributed by atoms with van der Waals surface area (Å²) in [6, 6.07) is 18.4. The van der Waals surface area contributed by atoms with E-state index >= 15 is 0 Å². The van der Waals surface area contributed by atoms with E-state index in [-0.39, 0.29) is 0 Å². The summed E-state index contributed by atoms with van der Waals surface area (Å²) in [5, 5.41) is 0. The number of rotatable bonds is 2. The number of hydrogen-bond donors (Lipinski definition) is 0. The van der Waals surface area contributed by atoms with E-state index < -0.39 is 0 Å². The molecule has 0 radical (unpaired) electrons. The zero-order valence-electron chi connectivity index (χ0n) is 10.7. The maximum Gasteiger partial charge on any atom is 0.0717 e. The molecule has 2 aromatic heterocycles. The van der Waals surface area contributed by atoms with Crippen molar-refractivity contribution < 1.29 is 0 Å². The minimum absolute atomic E-state index is 0.956. The van der Waals surface area contributed by atoms with E-state index in [1.54, 1.807) is 0 Å². The maximum absolute atomic E-state index is 4.51. The van der Waals surface area contributed by atoms with E-state index in [0.717, 1.165) is 28.1 Å². The fourth-order valence-electron chi connectivity index (χ4n) is 1.96. The topological polar surface area (TPSA) is 25.8 Å². The Kier molecular flexibility index (Phi) is 3.07. The van der Waals surface area contributed by atoms with Gasteiger partial charge in [-0.1, -0.05) is 36.4 Å². The molecule has 19 heavy (non-hydrogen) atoms. The fourth-order valence-corrected chi connectivity index (χ4v) is 1.96. The number of aromatic nitrogens is 2. The first-order valence-electron chi connectivity index (χ1n) is 6.27. The summed E-state index contributed by atoms with van der Waals surface area (Å²) in [6.07, 6.45) is 3.75. The lowest BCUT2D eigenvalue weighted by molar-refractivity contribution is 1.25. The van der Waals surface area contributed by atoms with Crippen LogP contribution in [0.5, 0.6) is 0 Å². The van der Waals surface area contributed by atoms with Gasteiger partial charge >= 0.3 is 0 Å². The summed E-state index contributed by atoms with van der Waals surface area (Å²) in [4.78, 5) is 8.92. The van der Waals surface area contributed by atoms with Crippen molar-refractivity contribution in [1.82, 2.24) is 9.97 Å². The average Bonchev–Trinajstić information content (AvgIpc) is 2.49. The smallest absolute Gasteiger partial charge is 0.0717 e. The van der Waals surface area contributed by atoms with E-state index in [4.69, 9.17) is 0 Å². The minimum Gasteiger partial charge on any atom is -0.256 e. The molecule has 2 heteroatoms. The predicted octanol–water partition coefficient (Wildman–Crippen LogP) is 4.12. The molecule has 0 atom stereocenters. The van der Waals surface area contributed by atoms with Gasteiger partial charge in [0, 0.05) is 23.5 Å². The van der Waals surface area contributed by atoms with Crippen molar-refractivity contribution in [3.05, 3.63) is 72.6 Å². The Labute approximate surface area is 112 Å². The molecule has 0 bridgehead atoms. The second kappa shape index (κ2) is 5.02. The molecule has 92 valence electrons. The van der Waals surface area contributed by atoms with E-state index in [2.05, 4.69) is 34.2 Å². The zero-order chi connectivity index (χ0) is 13.1. The highest BCUT2D eigenvalue weighted by Crippen LogP contribution is 2.21. The lowest BCUT2D eigenvalue weighted by Crippen LogP contribution is -1.87. The van der Waals surface area contributed by atoms with Crippen LogP contribution in [-0.4, -0.2) is 9.97 Å². The molecule has 2 heterocycles. The van der Waals surface area contributed by atoms with Crippen LogP contribution in [0.25, 0.3) is 22.5 Å². The van der Waals surface area contributed by atoms with Crippen molar-refractivity contribution >= 4 is 0 Å². The average molecular weight is 246 g/mol. The largest absolute Gasteiger partial charge is 0.256 e. The molecule has 0 aliphatic rings. The number of benzene rings is 1. The molecular weight excluding hydrogens is 232 g/mol. The quantitative estimate of drug-likeness (QED) is 0.679. The summed E-state index contributed by atoms with van der Waals surface area (Å²) < 4.78 is 0. The first-order valence-corrected chi connectivity index (χ1v) is 6.27. The van der Waals surface area contributed by atoms with Crippen LogP contribution in [-0.2, 0) is 0 Å². The monoisotopic (exact) mass is 246 g/mol. The van der Waals surface area contributed by atoms with Crippen LogP contribution in [0.2, 0.25) is 0 Å². The SMILES string of the molecule is Cc1ccc(-c2ccc(-c3ccccc3)nc2)nc1. The first-order chi connectivity index (χ1) is 9.33. The molecule has 0 saturated heterocycles. The number of nitrogens with zero attached hydrogens (tertiary/aromatic N) is 2. The molecule has 2 nitrogen and oxygen atoms in total. The van der Waals surface area contributed by atoms with Gasteiger partial charge in [0.2, 0.25) is 0 Å². The van der Waals surface area contributed by atoms with Crippen molar-refractivity contribution in [1.29, 1.82) is 0 Å². The van der Waals surface area contributed by atoms with Gasteiger partial charge in [-0.25, -0.2) is 0 Å². The number of hydrogen-bond acceptors (Lipinski definition) is 2. The molecule has 0 spiro atoms. The second-order valence-electron chi connectivity index (χ2n) is 4.52. The van der Waals surface area contributed by atoms with Crippen LogP contribution in [0, 0.1) is 6.92 Å². The van der Waals surface area contributed by atoms with Crippen LogP contribution in [0.1, 0.15) is 5.56 Å². The molecule has 3 aromatic rings. The van der Waals surface area contributed by atoms with Crippen molar-refractivity contribution in [2.75, 3.05) is 0 Å². The van der Waals surface area contributed by atoms with Gasteiger partial charge in [-0.15, -0.1) is 0 Å². The highest BCUT2D eigenvalue weighted by Gasteiger charge is 2.01. The first kappa shape index (κ1) is 11.6. The third-order valence-corrected chi connectivity index (χ3v) is 3.04. The van der Waals surface area contributed by atoms with Crippen molar-refractivity contribution in [2.24, 2.45) is 0 Å². The van der Waals surface area contributed by atoms with E-state index in [1.165, 1.54) is 0 Å². The van der Waals surface area contributed by atoms with Gasteiger partial charge in [0.25, 0.3) is 0 Å². The highest BCUT2D eigenvalue weighted by atomic mass is 14.7. The molecule has 0 unspecified atom stereocenters. The van der Waals surface area contributed by atoms with Gasteiger partial charge < -0.3 is 0 Å². The molecule has 0 N–H and O–H groups in total. The molecule has 0 amide bonds. The highest BCUT2D eigenvalue weighted by molar-refractivity contribution is 5.64. The third kappa shape index (κ3) is 2.52. The van der Waals surface area contributed by atoms with Crippen molar-refractivity contribution in [3.63, 3.8) is 0 Å². The van der Waals surface area contributed by atoms with Gasteiger partial charge in [0.15, 0.2) is 0 Å². The van der Waals surface area contributed by atoms with Crippen LogP contribution >= 0.6 is 0 Å². The third-order valence-electron chi connectivity index (χ3n) is 3.04. The molecule has 1 aromatic carbocycles. The van der Waals surface area contributed by atoms with Gasteiger partial charge in [0.1, 0.15) is 0 Å². The summed E-state index contributed by atoms with van der Waals surface area (Å²) >= 11 is 0. The van der Waals surface area contributed by atoms with Crippen LogP contribution < -0.4 is 0 Å². The Hall–Kier alpha value is -2.48. The Morgan fingerprint density at radius 3 is 1.95 bits per heavy atom. The molecule has 0 saturated carbocycles. The van der Waals surface area contributed by atoms with E-state index in [9.17, 15) is 0 Å². The van der Waals surface area contributed by atoms with Crippen molar-refractivity contribution in [2.45, 2.75) is 6.92 Å².